The number of nitro benzene ring substituents is 1. The number of aromatic nitrogens is 1. The molecule has 2 heterocycles. The summed E-state index contributed by atoms with van der Waals surface area (Å²) in [5.74, 6) is 0.310. The largest absolute Gasteiger partial charge is 0.455 e. The van der Waals surface area contributed by atoms with E-state index in [9.17, 15) is 14.9 Å². The van der Waals surface area contributed by atoms with Crippen molar-refractivity contribution in [1.82, 2.24) is 9.88 Å². The number of non-ortho nitro benzene ring substituents is 1. The van der Waals surface area contributed by atoms with Crippen LogP contribution in [-0.4, -0.2) is 53.5 Å². The number of nitrogens with zero attached hydrogens (tertiary/aromatic N) is 3. The van der Waals surface area contributed by atoms with Gasteiger partial charge >= 0.3 is 6.09 Å². The van der Waals surface area contributed by atoms with E-state index >= 15 is 0 Å². The van der Waals surface area contributed by atoms with Gasteiger partial charge in [-0.2, -0.15) is 0 Å². The average molecular weight is 347 g/mol. The molecule has 1 aliphatic heterocycles. The van der Waals surface area contributed by atoms with Gasteiger partial charge in [0.25, 0.3) is 5.69 Å². The second kappa shape index (κ2) is 7.31. The Hall–Kier alpha value is -2.94. The third kappa shape index (κ3) is 3.77. The molecule has 3 rings (SSSR count). The van der Waals surface area contributed by atoms with Gasteiger partial charge in [0.1, 0.15) is 11.3 Å². The Balaban J connectivity index is 1.66. The Labute approximate surface area is 143 Å². The van der Waals surface area contributed by atoms with Crippen LogP contribution in [0.15, 0.2) is 30.5 Å². The molecule has 2 aromatic rings. The van der Waals surface area contributed by atoms with Crippen molar-refractivity contribution in [1.29, 1.82) is 0 Å². The lowest BCUT2D eigenvalue weighted by Crippen LogP contribution is -2.45. The lowest BCUT2D eigenvalue weighted by Gasteiger charge is -2.30. The number of hydrogen-bond acceptors (Lipinski definition) is 7. The molecule has 0 saturated carbocycles. The molecule has 1 unspecified atom stereocenters. The first kappa shape index (κ1) is 16.9. The van der Waals surface area contributed by atoms with Crippen LogP contribution in [0, 0.1) is 10.1 Å². The van der Waals surface area contributed by atoms with Crippen LogP contribution < -0.4 is 4.74 Å². The van der Waals surface area contributed by atoms with Crippen LogP contribution in [-0.2, 0) is 9.47 Å². The SMILES string of the molecule is CC1CN(C(=O)OCOc2ccc([N+](=O)[O-])c3cccnc23)CCO1. The smallest absolute Gasteiger partial charge is 0.412 e. The molecule has 0 spiro atoms. The third-order valence-electron chi connectivity index (χ3n) is 3.80. The number of hydrogen-bond donors (Lipinski definition) is 0. The normalized spacial score (nSPS) is 17.3. The van der Waals surface area contributed by atoms with E-state index in [0.717, 1.165) is 0 Å². The van der Waals surface area contributed by atoms with Crippen molar-refractivity contribution in [2.45, 2.75) is 13.0 Å². The molecule has 1 aromatic heterocycles. The molecule has 0 aliphatic carbocycles. The van der Waals surface area contributed by atoms with Crippen molar-refractivity contribution >= 4 is 22.7 Å². The topological polar surface area (TPSA) is 104 Å². The minimum absolute atomic E-state index is 0.0370. The molecule has 9 heteroatoms. The van der Waals surface area contributed by atoms with Gasteiger partial charge < -0.3 is 19.1 Å². The summed E-state index contributed by atoms with van der Waals surface area (Å²) in [7, 11) is 0. The molecule has 1 aromatic carbocycles. The molecule has 25 heavy (non-hydrogen) atoms. The first-order chi connectivity index (χ1) is 12.1. The summed E-state index contributed by atoms with van der Waals surface area (Å²) in [6, 6.07) is 5.98. The predicted molar refractivity (Wildman–Crippen MR) is 87.4 cm³/mol. The molecule has 1 saturated heterocycles. The van der Waals surface area contributed by atoms with Crippen molar-refractivity contribution in [3.8, 4) is 5.75 Å². The number of rotatable bonds is 4. The van der Waals surface area contributed by atoms with E-state index < -0.39 is 11.0 Å². The first-order valence-corrected chi connectivity index (χ1v) is 7.74. The van der Waals surface area contributed by atoms with Crippen LogP contribution in [0.25, 0.3) is 10.9 Å². The third-order valence-corrected chi connectivity index (χ3v) is 3.80. The Morgan fingerprint density at radius 2 is 2.32 bits per heavy atom. The van der Waals surface area contributed by atoms with Gasteiger partial charge in [0.05, 0.1) is 29.6 Å². The standard InChI is InChI=1S/C16H17N3O6/c1-11-9-18(7-8-23-11)16(20)25-10-24-14-5-4-13(19(21)22)12-3-2-6-17-15(12)14/h2-6,11H,7-10H2,1H3. The van der Waals surface area contributed by atoms with Gasteiger partial charge in [0.2, 0.25) is 6.79 Å². The highest BCUT2D eigenvalue weighted by atomic mass is 16.7. The zero-order valence-corrected chi connectivity index (χ0v) is 13.6. The number of ether oxygens (including phenoxy) is 3. The van der Waals surface area contributed by atoms with Crippen molar-refractivity contribution in [3.05, 3.63) is 40.6 Å². The lowest BCUT2D eigenvalue weighted by molar-refractivity contribution is -0.383. The van der Waals surface area contributed by atoms with E-state index in [1.54, 1.807) is 17.0 Å². The molecular weight excluding hydrogens is 330 g/mol. The predicted octanol–water partition coefficient (Wildman–Crippen LogP) is 2.34. The first-order valence-electron chi connectivity index (χ1n) is 7.74. The number of benzene rings is 1. The van der Waals surface area contributed by atoms with Crippen LogP contribution in [0.3, 0.4) is 0 Å². The monoisotopic (exact) mass is 347 g/mol. The van der Waals surface area contributed by atoms with Gasteiger partial charge in [-0.1, -0.05) is 0 Å². The summed E-state index contributed by atoms with van der Waals surface area (Å²) in [4.78, 5) is 28.3. The van der Waals surface area contributed by atoms with E-state index in [-0.39, 0.29) is 18.6 Å². The van der Waals surface area contributed by atoms with Crippen LogP contribution in [0.4, 0.5) is 10.5 Å². The zero-order chi connectivity index (χ0) is 17.8. The number of amides is 1. The Bertz CT molecular complexity index is 797. The Morgan fingerprint density at radius 3 is 3.08 bits per heavy atom. The summed E-state index contributed by atoms with van der Waals surface area (Å²) >= 11 is 0. The summed E-state index contributed by atoms with van der Waals surface area (Å²) in [5.41, 5.74) is 0.280. The highest BCUT2D eigenvalue weighted by Gasteiger charge is 2.23. The fraction of sp³-hybridized carbons (Fsp3) is 0.375. The number of carbonyl (C=O) groups excluding carboxylic acids is 1. The van der Waals surface area contributed by atoms with Crippen LogP contribution in [0.1, 0.15) is 6.92 Å². The summed E-state index contributed by atoms with van der Waals surface area (Å²) in [5, 5.41) is 11.4. The molecular formula is C16H17N3O6. The maximum absolute atomic E-state index is 12.0. The van der Waals surface area contributed by atoms with Crippen molar-refractivity contribution < 1.29 is 23.9 Å². The zero-order valence-electron chi connectivity index (χ0n) is 13.6. The molecule has 0 N–H and O–H groups in total. The van der Waals surface area contributed by atoms with Crippen molar-refractivity contribution in [2.24, 2.45) is 0 Å². The van der Waals surface area contributed by atoms with Crippen LogP contribution in [0.2, 0.25) is 0 Å². The minimum Gasteiger partial charge on any atom is -0.455 e. The average Bonchev–Trinajstić information content (AvgIpc) is 2.61. The minimum atomic E-state index is -0.491. The van der Waals surface area contributed by atoms with Crippen LogP contribution >= 0.6 is 0 Å². The summed E-state index contributed by atoms with van der Waals surface area (Å²) in [6.07, 6.45) is 0.986. The van der Waals surface area contributed by atoms with Gasteiger partial charge in [-0.25, -0.2) is 4.79 Å². The number of fused-ring (bicyclic) bond motifs is 1. The fourth-order valence-electron chi connectivity index (χ4n) is 2.63. The number of morpholine rings is 1. The van der Waals surface area contributed by atoms with Crippen molar-refractivity contribution in [3.63, 3.8) is 0 Å². The van der Waals surface area contributed by atoms with E-state index in [0.29, 0.717) is 36.3 Å². The number of carbonyl (C=O) groups is 1. The van der Waals surface area contributed by atoms with Gasteiger partial charge in [0.15, 0.2) is 0 Å². The van der Waals surface area contributed by atoms with E-state index in [1.807, 2.05) is 6.92 Å². The highest BCUT2D eigenvalue weighted by molar-refractivity contribution is 5.92. The van der Waals surface area contributed by atoms with E-state index in [2.05, 4.69) is 4.98 Å². The molecule has 0 radical (unpaired) electrons. The molecule has 1 atom stereocenters. The Morgan fingerprint density at radius 1 is 1.48 bits per heavy atom. The molecule has 1 fully saturated rings. The fourth-order valence-corrected chi connectivity index (χ4v) is 2.63. The number of pyridine rings is 1. The quantitative estimate of drug-likeness (QED) is 0.475. The van der Waals surface area contributed by atoms with Gasteiger partial charge in [0, 0.05) is 18.8 Å². The van der Waals surface area contributed by atoms with E-state index in [4.69, 9.17) is 14.2 Å². The Kier molecular flexibility index (Phi) is 4.94. The molecule has 0 bridgehead atoms. The molecule has 132 valence electrons. The summed E-state index contributed by atoms with van der Waals surface area (Å²) < 4.78 is 15.9. The molecule has 1 aliphatic rings. The second-order valence-electron chi connectivity index (χ2n) is 5.54. The maximum Gasteiger partial charge on any atom is 0.412 e. The van der Waals surface area contributed by atoms with Gasteiger partial charge in [-0.05, 0) is 25.1 Å². The highest BCUT2D eigenvalue weighted by Crippen LogP contribution is 2.31. The maximum atomic E-state index is 12.0. The lowest BCUT2D eigenvalue weighted by atomic mass is 10.1. The van der Waals surface area contributed by atoms with Gasteiger partial charge in [-0.3, -0.25) is 15.1 Å². The van der Waals surface area contributed by atoms with Gasteiger partial charge in [-0.15, -0.1) is 0 Å². The van der Waals surface area contributed by atoms with Crippen molar-refractivity contribution in [2.75, 3.05) is 26.5 Å². The number of nitro groups is 1. The molecule has 9 nitrogen and oxygen atoms in total. The second-order valence-corrected chi connectivity index (χ2v) is 5.54. The molecule has 1 amide bonds. The van der Waals surface area contributed by atoms with Crippen LogP contribution in [0.5, 0.6) is 5.75 Å². The van der Waals surface area contributed by atoms with E-state index in [1.165, 1.54) is 18.3 Å². The summed E-state index contributed by atoms with van der Waals surface area (Å²) in [6.45, 7) is 2.96.